The van der Waals surface area contributed by atoms with E-state index in [2.05, 4.69) is 11.9 Å². The third-order valence-electron chi connectivity index (χ3n) is 1.82. The molecule has 0 radical (unpaired) electrons. The Bertz CT molecular complexity index is 190. The number of nitrogens with zero attached hydrogens (tertiary/aromatic N) is 1. The van der Waals surface area contributed by atoms with Crippen molar-refractivity contribution in [2.45, 2.75) is 19.5 Å². The number of halogens is 3. The summed E-state index contributed by atoms with van der Waals surface area (Å²) >= 11 is 0. The van der Waals surface area contributed by atoms with Crippen LogP contribution in [0.2, 0.25) is 0 Å². The monoisotopic (exact) mass is 224 g/mol. The van der Waals surface area contributed by atoms with Crippen LogP contribution in [0.1, 0.15) is 13.3 Å². The Kier molecular flexibility index (Phi) is 6.60. The second kappa shape index (κ2) is 6.85. The first-order chi connectivity index (χ1) is 6.89. The van der Waals surface area contributed by atoms with Crippen molar-refractivity contribution < 1.29 is 13.2 Å². The van der Waals surface area contributed by atoms with Crippen molar-refractivity contribution in [1.29, 1.82) is 0 Å². The first-order valence-electron chi connectivity index (χ1n) is 4.99. The molecule has 0 aromatic rings. The lowest BCUT2D eigenvalue weighted by Gasteiger charge is -2.23. The maximum absolute atomic E-state index is 12.2. The van der Waals surface area contributed by atoms with Gasteiger partial charge in [0.2, 0.25) is 0 Å². The normalized spacial score (nSPS) is 12.1. The van der Waals surface area contributed by atoms with Gasteiger partial charge < -0.3 is 5.32 Å². The molecule has 0 amide bonds. The highest BCUT2D eigenvalue weighted by Crippen LogP contribution is 2.17. The van der Waals surface area contributed by atoms with E-state index in [-0.39, 0.29) is 0 Å². The van der Waals surface area contributed by atoms with Gasteiger partial charge in [0.25, 0.3) is 0 Å². The van der Waals surface area contributed by atoms with E-state index in [1.165, 1.54) is 4.90 Å². The maximum Gasteiger partial charge on any atom is 0.401 e. The quantitative estimate of drug-likeness (QED) is 0.666. The van der Waals surface area contributed by atoms with Gasteiger partial charge in [-0.2, -0.15) is 13.2 Å². The molecular formula is C10H19F3N2. The Morgan fingerprint density at radius 1 is 1.40 bits per heavy atom. The molecule has 0 aliphatic rings. The second-order valence-electron chi connectivity index (χ2n) is 3.61. The standard InChI is InChI=1S/C10H19F3N2/c1-4-5-15(8-10(11,12)13)7-9(2)6-14-3/h14H,2,4-8H2,1,3H3. The zero-order valence-electron chi connectivity index (χ0n) is 9.32. The van der Waals surface area contributed by atoms with Crippen LogP contribution in [0.25, 0.3) is 0 Å². The molecule has 0 unspecified atom stereocenters. The lowest BCUT2D eigenvalue weighted by molar-refractivity contribution is -0.145. The van der Waals surface area contributed by atoms with E-state index < -0.39 is 12.7 Å². The molecule has 5 heteroatoms. The van der Waals surface area contributed by atoms with E-state index >= 15 is 0 Å². The second-order valence-corrected chi connectivity index (χ2v) is 3.61. The van der Waals surface area contributed by atoms with Crippen LogP contribution in [-0.4, -0.2) is 44.3 Å². The van der Waals surface area contributed by atoms with Crippen molar-refractivity contribution in [3.05, 3.63) is 12.2 Å². The highest BCUT2D eigenvalue weighted by atomic mass is 19.4. The number of alkyl halides is 3. The Morgan fingerprint density at radius 3 is 2.40 bits per heavy atom. The molecule has 90 valence electrons. The molecule has 15 heavy (non-hydrogen) atoms. The van der Waals surface area contributed by atoms with E-state index in [0.29, 0.717) is 26.1 Å². The van der Waals surface area contributed by atoms with Crippen LogP contribution in [0.15, 0.2) is 12.2 Å². The summed E-state index contributed by atoms with van der Waals surface area (Å²) in [6, 6.07) is 0. The molecule has 0 aliphatic heterocycles. The van der Waals surface area contributed by atoms with Crippen molar-refractivity contribution in [2.75, 3.05) is 33.2 Å². The summed E-state index contributed by atoms with van der Waals surface area (Å²) in [6.45, 7) is 6.03. The maximum atomic E-state index is 12.2. The first-order valence-corrected chi connectivity index (χ1v) is 4.99. The minimum Gasteiger partial charge on any atom is -0.316 e. The number of nitrogens with one attached hydrogen (secondary N) is 1. The molecule has 0 heterocycles. The molecule has 0 bridgehead atoms. The zero-order valence-corrected chi connectivity index (χ0v) is 9.32. The van der Waals surface area contributed by atoms with E-state index in [1.807, 2.05) is 6.92 Å². The van der Waals surface area contributed by atoms with Gasteiger partial charge in [0.15, 0.2) is 0 Å². The van der Waals surface area contributed by atoms with Gasteiger partial charge in [-0.15, -0.1) is 0 Å². The Labute approximate surface area is 89.1 Å². The molecule has 0 saturated heterocycles. The summed E-state index contributed by atoms with van der Waals surface area (Å²) in [5.74, 6) is 0. The van der Waals surface area contributed by atoms with E-state index in [4.69, 9.17) is 0 Å². The summed E-state index contributed by atoms with van der Waals surface area (Å²) < 4.78 is 36.5. The van der Waals surface area contributed by atoms with Gasteiger partial charge in [0.1, 0.15) is 0 Å². The molecule has 0 aromatic carbocycles. The molecule has 0 atom stereocenters. The lowest BCUT2D eigenvalue weighted by Crippen LogP contribution is -2.37. The minimum absolute atomic E-state index is 0.300. The van der Waals surface area contributed by atoms with E-state index in [1.54, 1.807) is 7.05 Å². The predicted molar refractivity (Wildman–Crippen MR) is 55.9 cm³/mol. The van der Waals surface area contributed by atoms with Crippen LogP contribution >= 0.6 is 0 Å². The fraction of sp³-hybridized carbons (Fsp3) is 0.800. The molecule has 0 aliphatic carbocycles. The van der Waals surface area contributed by atoms with Crippen molar-refractivity contribution in [3.63, 3.8) is 0 Å². The Balaban J connectivity index is 4.09. The largest absolute Gasteiger partial charge is 0.401 e. The van der Waals surface area contributed by atoms with E-state index in [0.717, 1.165) is 5.57 Å². The van der Waals surface area contributed by atoms with Gasteiger partial charge in [0, 0.05) is 13.1 Å². The summed E-state index contributed by atoms with van der Waals surface area (Å²) in [7, 11) is 1.75. The molecule has 0 aromatic heterocycles. The summed E-state index contributed by atoms with van der Waals surface area (Å²) in [5, 5.41) is 2.87. The lowest BCUT2D eigenvalue weighted by atomic mass is 10.2. The van der Waals surface area contributed by atoms with Crippen molar-refractivity contribution in [3.8, 4) is 0 Å². The minimum atomic E-state index is -4.13. The van der Waals surface area contributed by atoms with Crippen molar-refractivity contribution in [1.82, 2.24) is 10.2 Å². The molecule has 0 rings (SSSR count). The molecule has 2 nitrogen and oxygen atoms in total. The number of hydrogen-bond acceptors (Lipinski definition) is 2. The first kappa shape index (κ1) is 14.5. The van der Waals surface area contributed by atoms with Crippen LogP contribution in [0.5, 0.6) is 0 Å². The van der Waals surface area contributed by atoms with Crippen molar-refractivity contribution >= 4 is 0 Å². The van der Waals surface area contributed by atoms with Gasteiger partial charge in [-0.05, 0) is 25.6 Å². The van der Waals surface area contributed by atoms with Gasteiger partial charge in [-0.3, -0.25) is 4.90 Å². The van der Waals surface area contributed by atoms with Crippen LogP contribution in [-0.2, 0) is 0 Å². The topological polar surface area (TPSA) is 15.3 Å². The fourth-order valence-electron chi connectivity index (χ4n) is 1.41. The third-order valence-corrected chi connectivity index (χ3v) is 1.82. The highest BCUT2D eigenvalue weighted by Gasteiger charge is 2.30. The predicted octanol–water partition coefficient (Wildman–Crippen LogP) is 2.04. The van der Waals surface area contributed by atoms with Crippen LogP contribution in [0, 0.1) is 0 Å². The average Bonchev–Trinajstić information content (AvgIpc) is 2.01. The van der Waals surface area contributed by atoms with Gasteiger partial charge in [-0.25, -0.2) is 0 Å². The summed E-state index contributed by atoms with van der Waals surface area (Å²) in [5.41, 5.74) is 0.773. The zero-order chi connectivity index (χ0) is 11.9. The number of rotatable bonds is 7. The third kappa shape index (κ3) is 8.44. The average molecular weight is 224 g/mol. The molecular weight excluding hydrogens is 205 g/mol. The number of likely N-dealkylation sites (N-methyl/N-ethyl adjacent to an activating group) is 1. The van der Waals surface area contributed by atoms with Crippen LogP contribution < -0.4 is 5.32 Å². The van der Waals surface area contributed by atoms with Gasteiger partial charge >= 0.3 is 6.18 Å². The SMILES string of the molecule is C=C(CNC)CN(CCC)CC(F)(F)F. The molecule has 1 N–H and O–H groups in total. The van der Waals surface area contributed by atoms with Crippen LogP contribution in [0.4, 0.5) is 13.2 Å². The summed E-state index contributed by atoms with van der Waals surface area (Å²) in [6.07, 6.45) is -3.42. The fourth-order valence-corrected chi connectivity index (χ4v) is 1.41. The molecule has 0 saturated carbocycles. The molecule has 0 fully saturated rings. The number of hydrogen-bond donors (Lipinski definition) is 1. The summed E-state index contributed by atoms with van der Waals surface area (Å²) in [4.78, 5) is 1.37. The highest BCUT2D eigenvalue weighted by molar-refractivity contribution is 4.99. The van der Waals surface area contributed by atoms with Crippen molar-refractivity contribution in [2.24, 2.45) is 0 Å². The van der Waals surface area contributed by atoms with Crippen LogP contribution in [0.3, 0.4) is 0 Å². The van der Waals surface area contributed by atoms with Gasteiger partial charge in [-0.1, -0.05) is 13.5 Å². The Hall–Kier alpha value is -0.550. The Morgan fingerprint density at radius 2 is 2.00 bits per heavy atom. The van der Waals surface area contributed by atoms with Gasteiger partial charge in [0.05, 0.1) is 6.54 Å². The smallest absolute Gasteiger partial charge is 0.316 e. The van der Waals surface area contributed by atoms with E-state index in [9.17, 15) is 13.2 Å². The molecule has 0 spiro atoms.